The Kier molecular flexibility index (Phi) is 4.11. The fraction of sp³-hybridized carbons (Fsp3) is 0.417. The van der Waals surface area contributed by atoms with Gasteiger partial charge in [-0.25, -0.2) is 0 Å². The van der Waals surface area contributed by atoms with Crippen LogP contribution >= 0.6 is 0 Å². The number of carbonyl (C=O) groups is 1. The molecule has 5 nitrogen and oxygen atoms in total. The van der Waals surface area contributed by atoms with Crippen molar-refractivity contribution in [3.8, 4) is 0 Å². The third kappa shape index (κ3) is 2.96. The van der Waals surface area contributed by atoms with Crippen LogP contribution in [0.5, 0.6) is 0 Å². The first kappa shape index (κ1) is 13.2. The molecule has 0 aliphatic carbocycles. The first-order valence-corrected chi connectivity index (χ1v) is 7.38. The number of amides is 1. The average molecular weight is 311 g/mol. The zero-order valence-corrected chi connectivity index (χ0v) is 12.1. The molecule has 0 radical (unpaired) electrons. The first-order chi connectivity index (χ1) is 8.58. The number of nitrogens with two attached hydrogens (primary N) is 1. The number of hydrogen-bond acceptors (Lipinski definition) is 4. The van der Waals surface area contributed by atoms with Gasteiger partial charge in [0.05, 0.1) is 0 Å². The Labute approximate surface area is 112 Å². The summed E-state index contributed by atoms with van der Waals surface area (Å²) in [5.41, 5.74) is 8.27. The number of hydrogen-bond donors (Lipinski definition) is 2. The Bertz CT molecular complexity index is 535. The maximum absolute atomic E-state index is 11.9. The van der Waals surface area contributed by atoms with Crippen LogP contribution in [0.1, 0.15) is 20.3 Å². The van der Waals surface area contributed by atoms with Gasteiger partial charge in [-0.05, 0) is 0 Å². The van der Waals surface area contributed by atoms with Gasteiger partial charge >= 0.3 is 112 Å². The fourth-order valence-electron chi connectivity index (χ4n) is 1.56. The van der Waals surface area contributed by atoms with E-state index in [0.29, 0.717) is 12.3 Å². The van der Waals surface area contributed by atoms with Gasteiger partial charge in [0.1, 0.15) is 0 Å². The molecular weight excluding hydrogens is 295 g/mol. The van der Waals surface area contributed by atoms with E-state index in [9.17, 15) is 4.79 Å². The summed E-state index contributed by atoms with van der Waals surface area (Å²) in [6.45, 7) is 4.02. The zero-order valence-electron chi connectivity index (χ0n) is 10.4. The minimum atomic E-state index is -0.118. The third-order valence-corrected chi connectivity index (χ3v) is 3.98. The van der Waals surface area contributed by atoms with Crippen LogP contribution in [0.15, 0.2) is 26.1 Å². The minimum absolute atomic E-state index is 0.0702. The normalized spacial score (nSPS) is 14.2. The van der Waals surface area contributed by atoms with Crippen molar-refractivity contribution < 1.29 is 4.79 Å². The molecule has 0 spiro atoms. The molecule has 1 aliphatic rings. The number of fused-ring (bicyclic) bond motifs is 1. The molecule has 0 saturated carbocycles. The number of carbonyl (C=O) groups excluding carboxylic acids is 1. The Morgan fingerprint density at radius 1 is 1.44 bits per heavy atom. The molecule has 1 aliphatic heterocycles. The summed E-state index contributed by atoms with van der Waals surface area (Å²) < 4.78 is 8.59. The van der Waals surface area contributed by atoms with E-state index in [-0.39, 0.29) is 26.5 Å². The van der Waals surface area contributed by atoms with Crippen LogP contribution in [0.2, 0.25) is 0 Å². The van der Waals surface area contributed by atoms with Gasteiger partial charge in [-0.1, -0.05) is 0 Å². The molecule has 0 aromatic heterocycles. The van der Waals surface area contributed by atoms with E-state index < -0.39 is 0 Å². The molecule has 1 heterocycles. The van der Waals surface area contributed by atoms with Crippen LogP contribution in [0.25, 0.3) is 0 Å². The van der Waals surface area contributed by atoms with Crippen LogP contribution in [0, 0.1) is 5.92 Å². The number of nitrogens with zero attached hydrogens (tertiary/aromatic N) is 2. The average Bonchev–Trinajstić information content (AvgIpc) is 2.77. The summed E-state index contributed by atoms with van der Waals surface area (Å²) in [5, 5.41) is 2.87. The number of anilines is 1. The Balaban J connectivity index is 2.05. The van der Waals surface area contributed by atoms with E-state index in [1.54, 1.807) is 0 Å². The summed E-state index contributed by atoms with van der Waals surface area (Å²) in [6.07, 6.45) is 0.323. The van der Waals surface area contributed by atoms with Crippen molar-refractivity contribution in [3.63, 3.8) is 0 Å². The van der Waals surface area contributed by atoms with Gasteiger partial charge in [0.2, 0.25) is 0 Å². The van der Waals surface area contributed by atoms with Gasteiger partial charge in [0.25, 0.3) is 0 Å². The number of rotatable bonds is 4. The van der Waals surface area contributed by atoms with E-state index in [1.807, 2.05) is 32.0 Å². The monoisotopic (exact) mass is 312 g/mol. The van der Waals surface area contributed by atoms with Gasteiger partial charge in [-0.15, -0.1) is 0 Å². The Morgan fingerprint density at radius 3 is 2.94 bits per heavy atom. The second-order valence-electron chi connectivity index (χ2n) is 4.60. The third-order valence-electron chi connectivity index (χ3n) is 2.84. The van der Waals surface area contributed by atoms with E-state index >= 15 is 0 Å². The molecule has 2 rings (SSSR count). The van der Waals surface area contributed by atoms with E-state index in [1.165, 1.54) is 0 Å². The van der Waals surface area contributed by atoms with Gasteiger partial charge in [0.15, 0.2) is 0 Å². The Morgan fingerprint density at radius 2 is 2.22 bits per heavy atom. The predicted octanol–water partition coefficient (Wildman–Crippen LogP) is 2.35. The van der Waals surface area contributed by atoms with Crippen molar-refractivity contribution in [2.75, 3.05) is 5.32 Å². The van der Waals surface area contributed by atoms with Crippen LogP contribution < -0.4 is 11.1 Å². The van der Waals surface area contributed by atoms with Crippen molar-refractivity contribution >= 4 is 37.5 Å². The second-order valence-corrected chi connectivity index (χ2v) is 5.71. The number of nitrogens with one attached hydrogen (secondary N) is 1. The molecular formula is C12H16N4OSe. The topological polar surface area (TPSA) is 79.8 Å². The SMILES string of the molecule is CC(C)C(N)CC(=O)Nc1cccc2c1N=[Se]=N2. The van der Waals surface area contributed by atoms with Crippen molar-refractivity contribution in [3.05, 3.63) is 18.2 Å². The van der Waals surface area contributed by atoms with E-state index in [2.05, 4.69) is 13.2 Å². The molecule has 0 bridgehead atoms. The van der Waals surface area contributed by atoms with E-state index in [0.717, 1.165) is 17.1 Å². The second kappa shape index (κ2) is 5.61. The quantitative estimate of drug-likeness (QED) is 0.850. The molecule has 1 aromatic rings. The molecule has 1 aromatic carbocycles. The van der Waals surface area contributed by atoms with Crippen molar-refractivity contribution in [1.82, 2.24) is 0 Å². The predicted molar refractivity (Wildman–Crippen MR) is 72.4 cm³/mol. The molecule has 0 saturated heterocycles. The summed E-state index contributed by atoms with van der Waals surface area (Å²) in [6, 6.07) is 5.51. The zero-order chi connectivity index (χ0) is 13.1. The summed E-state index contributed by atoms with van der Waals surface area (Å²) >= 11 is -0.0858. The first-order valence-electron chi connectivity index (χ1n) is 5.84. The summed E-state index contributed by atoms with van der Waals surface area (Å²) in [4.78, 5) is 11.9. The maximum atomic E-state index is 11.9. The van der Waals surface area contributed by atoms with Gasteiger partial charge in [-0.2, -0.15) is 0 Å². The van der Waals surface area contributed by atoms with Gasteiger partial charge in [0, 0.05) is 0 Å². The van der Waals surface area contributed by atoms with Crippen LogP contribution in [-0.4, -0.2) is 26.5 Å². The van der Waals surface area contributed by atoms with Crippen LogP contribution in [0.4, 0.5) is 17.1 Å². The molecule has 1 amide bonds. The molecule has 18 heavy (non-hydrogen) atoms. The van der Waals surface area contributed by atoms with Crippen molar-refractivity contribution in [2.45, 2.75) is 26.3 Å². The standard InChI is InChI=1S/C12H16N4OSe/c1-7(2)8(13)6-11(17)14-9-4-3-5-10-12(9)16-18-15-10/h3-5,7-8H,6,13H2,1-2H3,(H,14,17). The molecule has 96 valence electrons. The van der Waals surface area contributed by atoms with Crippen LogP contribution in [0.3, 0.4) is 0 Å². The summed E-state index contributed by atoms with van der Waals surface area (Å²) in [7, 11) is 0. The van der Waals surface area contributed by atoms with Gasteiger partial charge in [-0.3, -0.25) is 0 Å². The van der Waals surface area contributed by atoms with Crippen molar-refractivity contribution in [1.29, 1.82) is 0 Å². The summed E-state index contributed by atoms with van der Waals surface area (Å²) in [5.74, 6) is 0.222. The molecule has 1 unspecified atom stereocenters. The van der Waals surface area contributed by atoms with Crippen molar-refractivity contribution in [2.24, 2.45) is 19.6 Å². The van der Waals surface area contributed by atoms with Crippen LogP contribution in [-0.2, 0) is 4.79 Å². The fourth-order valence-corrected chi connectivity index (χ4v) is 2.71. The van der Waals surface area contributed by atoms with Gasteiger partial charge < -0.3 is 0 Å². The molecule has 1 atom stereocenters. The number of benzene rings is 1. The Hall–Kier alpha value is -1.23. The molecule has 0 fully saturated rings. The molecule has 6 heteroatoms. The molecule has 3 N–H and O–H groups in total. The van der Waals surface area contributed by atoms with E-state index in [4.69, 9.17) is 5.73 Å².